The quantitative estimate of drug-likeness (QED) is 0.406. The maximum absolute atomic E-state index is 12.0. The average molecular weight is 352 g/mol. The molecule has 0 aliphatic heterocycles. The van der Waals surface area contributed by atoms with Gasteiger partial charge in [-0.1, -0.05) is 0 Å². The fourth-order valence-corrected chi connectivity index (χ4v) is 2.04. The predicted octanol–water partition coefficient (Wildman–Crippen LogP) is 1.27. The highest BCUT2D eigenvalue weighted by Crippen LogP contribution is 2.11. The Morgan fingerprint density at radius 2 is 1.88 bits per heavy atom. The minimum absolute atomic E-state index is 0.206. The first kappa shape index (κ1) is 20.6. The van der Waals surface area contributed by atoms with Crippen LogP contribution in [0.25, 0.3) is 0 Å². The molecule has 25 heavy (non-hydrogen) atoms. The number of ether oxygens (including phenoxy) is 2. The molecule has 1 aromatic rings. The van der Waals surface area contributed by atoms with E-state index in [1.165, 1.54) is 12.1 Å². The van der Waals surface area contributed by atoms with Gasteiger partial charge in [0.05, 0.1) is 18.6 Å². The highest BCUT2D eigenvalue weighted by Gasteiger charge is 2.20. The summed E-state index contributed by atoms with van der Waals surface area (Å²) in [5, 5.41) is 14.6. The number of aliphatic carboxylic acids is 1. The monoisotopic (exact) mass is 352 g/mol. The molecule has 8 heteroatoms. The van der Waals surface area contributed by atoms with Crippen LogP contribution in [-0.2, 0) is 19.1 Å². The third kappa shape index (κ3) is 7.77. The summed E-state index contributed by atoms with van der Waals surface area (Å²) < 4.78 is 9.76. The van der Waals surface area contributed by atoms with Crippen molar-refractivity contribution in [3.05, 3.63) is 29.8 Å². The van der Waals surface area contributed by atoms with Crippen molar-refractivity contribution in [3.8, 4) is 0 Å². The van der Waals surface area contributed by atoms with Crippen molar-refractivity contribution < 1.29 is 29.0 Å². The van der Waals surface area contributed by atoms with Crippen LogP contribution in [0.1, 0.15) is 30.1 Å². The number of amides is 1. The lowest BCUT2D eigenvalue weighted by Crippen LogP contribution is -2.40. The van der Waals surface area contributed by atoms with Gasteiger partial charge in [0.1, 0.15) is 6.04 Å². The number of hydrogen-bond acceptors (Lipinski definition) is 6. The number of nitrogens with one attached hydrogen (secondary N) is 2. The smallest absolute Gasteiger partial charge is 0.338 e. The third-order valence-corrected chi connectivity index (χ3v) is 3.28. The molecule has 0 heterocycles. The Labute approximate surface area is 146 Å². The van der Waals surface area contributed by atoms with Crippen LogP contribution in [0.2, 0.25) is 0 Å². The number of carboxylic acid groups (broad SMARTS) is 1. The first-order valence-corrected chi connectivity index (χ1v) is 8.00. The van der Waals surface area contributed by atoms with E-state index in [2.05, 4.69) is 10.6 Å². The van der Waals surface area contributed by atoms with Crippen molar-refractivity contribution >= 4 is 23.5 Å². The Morgan fingerprint density at radius 1 is 1.20 bits per heavy atom. The van der Waals surface area contributed by atoms with Crippen molar-refractivity contribution in [1.82, 2.24) is 5.32 Å². The number of esters is 1. The molecular weight excluding hydrogens is 328 g/mol. The molecule has 1 aromatic carbocycles. The van der Waals surface area contributed by atoms with Gasteiger partial charge in [-0.15, -0.1) is 0 Å². The SMILES string of the molecule is CCOC(=O)c1ccc(NC(=O)CC(NCCCOC)C(=O)O)cc1. The van der Waals surface area contributed by atoms with Crippen LogP contribution in [0.5, 0.6) is 0 Å². The van der Waals surface area contributed by atoms with E-state index in [1.807, 2.05) is 0 Å². The molecule has 1 atom stereocenters. The summed E-state index contributed by atoms with van der Waals surface area (Å²) in [5.74, 6) is -1.97. The summed E-state index contributed by atoms with van der Waals surface area (Å²) in [4.78, 5) is 34.8. The Morgan fingerprint density at radius 3 is 2.44 bits per heavy atom. The van der Waals surface area contributed by atoms with Crippen molar-refractivity contribution in [2.24, 2.45) is 0 Å². The summed E-state index contributed by atoms with van der Waals surface area (Å²) in [5.41, 5.74) is 0.852. The van der Waals surface area contributed by atoms with Gasteiger partial charge in [-0.2, -0.15) is 0 Å². The Kier molecular flexibility index (Phi) is 9.20. The highest BCUT2D eigenvalue weighted by atomic mass is 16.5. The topological polar surface area (TPSA) is 114 Å². The molecule has 0 saturated heterocycles. The molecule has 8 nitrogen and oxygen atoms in total. The molecular formula is C17H24N2O6. The standard InChI is InChI=1S/C17H24N2O6/c1-3-25-17(23)12-5-7-13(8-6-12)19-15(20)11-14(16(21)22)18-9-4-10-24-2/h5-8,14,18H,3-4,9-11H2,1-2H3,(H,19,20)(H,21,22). The Balaban J connectivity index is 2.53. The van der Waals surface area contributed by atoms with Crippen LogP contribution >= 0.6 is 0 Å². The molecule has 138 valence electrons. The number of hydrogen-bond donors (Lipinski definition) is 3. The molecule has 0 aromatic heterocycles. The second kappa shape index (κ2) is 11.2. The van der Waals surface area contributed by atoms with E-state index in [1.54, 1.807) is 26.2 Å². The number of rotatable bonds is 11. The number of carbonyl (C=O) groups excluding carboxylic acids is 2. The zero-order valence-electron chi connectivity index (χ0n) is 14.4. The number of carboxylic acids is 1. The van der Waals surface area contributed by atoms with Crippen LogP contribution < -0.4 is 10.6 Å². The van der Waals surface area contributed by atoms with E-state index in [4.69, 9.17) is 14.6 Å². The van der Waals surface area contributed by atoms with Gasteiger partial charge < -0.3 is 25.2 Å². The summed E-state index contributed by atoms with van der Waals surface area (Å²) >= 11 is 0. The highest BCUT2D eigenvalue weighted by molar-refractivity contribution is 5.95. The second-order valence-electron chi connectivity index (χ2n) is 5.24. The number of anilines is 1. The Hall–Kier alpha value is -2.45. The van der Waals surface area contributed by atoms with Gasteiger partial charge in [0.25, 0.3) is 0 Å². The molecule has 3 N–H and O–H groups in total. The fraction of sp³-hybridized carbons (Fsp3) is 0.471. The molecule has 1 amide bonds. The minimum atomic E-state index is -1.09. The van der Waals surface area contributed by atoms with Gasteiger partial charge >= 0.3 is 11.9 Å². The Bertz CT molecular complexity index is 573. The molecule has 1 unspecified atom stereocenters. The van der Waals surface area contributed by atoms with Gasteiger partial charge in [-0.05, 0) is 44.2 Å². The summed E-state index contributed by atoms with van der Waals surface area (Å²) in [6.07, 6.45) is 0.444. The van der Waals surface area contributed by atoms with E-state index in [0.29, 0.717) is 30.8 Å². The molecule has 0 aliphatic rings. The van der Waals surface area contributed by atoms with E-state index >= 15 is 0 Å². The van der Waals surface area contributed by atoms with Crippen LogP contribution in [-0.4, -0.2) is 55.9 Å². The molecule has 0 aliphatic carbocycles. The van der Waals surface area contributed by atoms with Gasteiger partial charge in [0.15, 0.2) is 0 Å². The summed E-state index contributed by atoms with van der Waals surface area (Å²) in [6.45, 7) is 2.95. The first-order valence-electron chi connectivity index (χ1n) is 8.00. The van der Waals surface area contributed by atoms with Crippen LogP contribution in [0, 0.1) is 0 Å². The van der Waals surface area contributed by atoms with Crippen molar-refractivity contribution in [2.75, 3.05) is 32.2 Å². The number of carbonyl (C=O) groups is 3. The van der Waals surface area contributed by atoms with E-state index in [-0.39, 0.29) is 13.0 Å². The van der Waals surface area contributed by atoms with Crippen molar-refractivity contribution in [1.29, 1.82) is 0 Å². The lowest BCUT2D eigenvalue weighted by molar-refractivity contribution is -0.141. The van der Waals surface area contributed by atoms with Crippen LogP contribution in [0.4, 0.5) is 5.69 Å². The van der Waals surface area contributed by atoms with Gasteiger partial charge in [0, 0.05) is 19.4 Å². The molecule has 0 radical (unpaired) electrons. The van der Waals surface area contributed by atoms with E-state index in [9.17, 15) is 14.4 Å². The third-order valence-electron chi connectivity index (χ3n) is 3.28. The lowest BCUT2D eigenvalue weighted by Gasteiger charge is -2.14. The largest absolute Gasteiger partial charge is 0.480 e. The maximum atomic E-state index is 12.0. The van der Waals surface area contributed by atoms with Crippen LogP contribution in [0.3, 0.4) is 0 Å². The molecule has 0 saturated carbocycles. The average Bonchev–Trinajstić information content (AvgIpc) is 2.58. The van der Waals surface area contributed by atoms with Crippen LogP contribution in [0.15, 0.2) is 24.3 Å². The van der Waals surface area contributed by atoms with E-state index < -0.39 is 23.9 Å². The molecule has 0 spiro atoms. The lowest BCUT2D eigenvalue weighted by atomic mass is 10.1. The molecule has 1 rings (SSSR count). The second-order valence-corrected chi connectivity index (χ2v) is 5.24. The zero-order chi connectivity index (χ0) is 18.7. The predicted molar refractivity (Wildman–Crippen MR) is 91.6 cm³/mol. The minimum Gasteiger partial charge on any atom is -0.480 e. The van der Waals surface area contributed by atoms with E-state index in [0.717, 1.165) is 0 Å². The molecule has 0 bridgehead atoms. The maximum Gasteiger partial charge on any atom is 0.338 e. The number of methoxy groups -OCH3 is 1. The fourth-order valence-electron chi connectivity index (χ4n) is 2.04. The summed E-state index contributed by atoms with van der Waals surface area (Å²) in [7, 11) is 1.56. The summed E-state index contributed by atoms with van der Waals surface area (Å²) in [6, 6.07) is 5.21. The first-order chi connectivity index (χ1) is 12.0. The zero-order valence-corrected chi connectivity index (χ0v) is 14.4. The van der Waals surface area contributed by atoms with Gasteiger partial charge in [-0.25, -0.2) is 4.79 Å². The van der Waals surface area contributed by atoms with Crippen molar-refractivity contribution in [3.63, 3.8) is 0 Å². The van der Waals surface area contributed by atoms with Crippen molar-refractivity contribution in [2.45, 2.75) is 25.8 Å². The van der Waals surface area contributed by atoms with Gasteiger partial charge in [-0.3, -0.25) is 9.59 Å². The normalized spacial score (nSPS) is 11.6. The van der Waals surface area contributed by atoms with Gasteiger partial charge in [0.2, 0.25) is 5.91 Å². The molecule has 0 fully saturated rings. The number of benzene rings is 1.